The van der Waals surface area contributed by atoms with Gasteiger partial charge in [0.25, 0.3) is 0 Å². The summed E-state index contributed by atoms with van der Waals surface area (Å²) >= 11 is 6.04. The van der Waals surface area contributed by atoms with E-state index in [1.54, 1.807) is 13.1 Å². The smallest absolute Gasteiger partial charge is 0.236 e. The van der Waals surface area contributed by atoms with Crippen LogP contribution in [0.15, 0.2) is 30.5 Å². The predicted molar refractivity (Wildman–Crippen MR) is 98.2 cm³/mol. The zero-order valence-electron chi connectivity index (χ0n) is 13.8. The number of carbonyl (C=O) groups is 1. The number of benzene rings is 1. The monoisotopic (exact) mass is 346 g/mol. The standard InChI is InChI=1S/C18H23ClN4O/c1-11(20)18(24)23-14-5-3-13(4-6-14)22-16-8-9-21-17-10-12(19)2-7-15(16)17/h2,7-11,13-14H,3-6,20H2,1H3,(H,21,22)(H,23,24)/t11-,13?,14?/m0/s1. The fourth-order valence-corrected chi connectivity index (χ4v) is 3.35. The van der Waals surface area contributed by atoms with E-state index in [4.69, 9.17) is 17.3 Å². The molecule has 1 aliphatic rings. The van der Waals surface area contributed by atoms with Crippen LogP contribution in [0.2, 0.25) is 5.02 Å². The topological polar surface area (TPSA) is 80.0 Å². The number of aromatic nitrogens is 1. The number of rotatable bonds is 4. The average molecular weight is 347 g/mol. The maximum atomic E-state index is 11.7. The molecule has 6 heteroatoms. The Morgan fingerprint density at radius 1 is 1.25 bits per heavy atom. The van der Waals surface area contributed by atoms with Crippen LogP contribution in [0.3, 0.4) is 0 Å². The van der Waals surface area contributed by atoms with Crippen molar-refractivity contribution in [2.45, 2.75) is 50.7 Å². The van der Waals surface area contributed by atoms with Crippen molar-refractivity contribution in [2.24, 2.45) is 5.73 Å². The van der Waals surface area contributed by atoms with E-state index >= 15 is 0 Å². The van der Waals surface area contributed by atoms with Gasteiger partial charge < -0.3 is 16.4 Å². The van der Waals surface area contributed by atoms with E-state index in [0.717, 1.165) is 42.3 Å². The van der Waals surface area contributed by atoms with Crippen molar-refractivity contribution < 1.29 is 4.79 Å². The van der Waals surface area contributed by atoms with Crippen LogP contribution in [-0.2, 0) is 4.79 Å². The van der Waals surface area contributed by atoms with Crippen LogP contribution in [0.25, 0.3) is 10.9 Å². The van der Waals surface area contributed by atoms with Crippen LogP contribution in [-0.4, -0.2) is 29.0 Å². The summed E-state index contributed by atoms with van der Waals surface area (Å²) in [6.07, 6.45) is 5.76. The third-order valence-electron chi connectivity index (χ3n) is 4.55. The van der Waals surface area contributed by atoms with Crippen LogP contribution >= 0.6 is 11.6 Å². The molecule has 2 aromatic rings. The third kappa shape index (κ3) is 3.97. The van der Waals surface area contributed by atoms with Gasteiger partial charge in [-0.3, -0.25) is 9.78 Å². The highest BCUT2D eigenvalue weighted by Gasteiger charge is 2.23. The number of carbonyl (C=O) groups excluding carboxylic acids is 1. The number of amides is 1. The highest BCUT2D eigenvalue weighted by atomic mass is 35.5. The van der Waals surface area contributed by atoms with E-state index in [1.165, 1.54) is 0 Å². The number of anilines is 1. The fraction of sp³-hybridized carbons (Fsp3) is 0.444. The predicted octanol–water partition coefficient (Wildman–Crippen LogP) is 3.07. The Labute approximate surface area is 147 Å². The zero-order chi connectivity index (χ0) is 17.1. The molecular weight excluding hydrogens is 324 g/mol. The lowest BCUT2D eigenvalue weighted by Gasteiger charge is -2.31. The summed E-state index contributed by atoms with van der Waals surface area (Å²) in [5, 5.41) is 8.41. The summed E-state index contributed by atoms with van der Waals surface area (Å²) in [6, 6.07) is 7.95. The SMILES string of the molecule is C[C@H](N)C(=O)NC1CCC(Nc2ccnc3cc(Cl)ccc23)CC1. The molecule has 1 amide bonds. The molecule has 0 saturated heterocycles. The molecule has 4 N–H and O–H groups in total. The molecule has 5 nitrogen and oxygen atoms in total. The van der Waals surface area contributed by atoms with Gasteiger partial charge in [0.05, 0.1) is 11.6 Å². The van der Waals surface area contributed by atoms with E-state index in [2.05, 4.69) is 15.6 Å². The summed E-state index contributed by atoms with van der Waals surface area (Å²) in [5.74, 6) is -0.0663. The number of fused-ring (bicyclic) bond motifs is 1. The molecule has 0 aliphatic heterocycles. The number of nitrogens with zero attached hydrogens (tertiary/aromatic N) is 1. The minimum absolute atomic E-state index is 0.0663. The first-order chi connectivity index (χ1) is 11.5. The number of pyridine rings is 1. The number of nitrogens with one attached hydrogen (secondary N) is 2. The Hall–Kier alpha value is -1.85. The van der Waals surface area contributed by atoms with Crippen molar-refractivity contribution in [3.63, 3.8) is 0 Å². The molecule has 1 atom stereocenters. The van der Waals surface area contributed by atoms with Crippen molar-refractivity contribution in [3.8, 4) is 0 Å². The second kappa shape index (κ2) is 7.36. The van der Waals surface area contributed by atoms with Gasteiger partial charge >= 0.3 is 0 Å². The van der Waals surface area contributed by atoms with E-state index in [0.29, 0.717) is 11.1 Å². The minimum Gasteiger partial charge on any atom is -0.382 e. The van der Waals surface area contributed by atoms with Gasteiger partial charge in [-0.1, -0.05) is 11.6 Å². The van der Waals surface area contributed by atoms with Crippen LogP contribution in [0, 0.1) is 0 Å². The molecule has 128 valence electrons. The summed E-state index contributed by atoms with van der Waals surface area (Å²) in [5.41, 5.74) is 7.58. The molecule has 0 radical (unpaired) electrons. The van der Waals surface area contributed by atoms with E-state index in [9.17, 15) is 4.79 Å². The quantitative estimate of drug-likeness (QED) is 0.794. The van der Waals surface area contributed by atoms with Gasteiger partial charge in [-0.05, 0) is 56.9 Å². The van der Waals surface area contributed by atoms with Crippen molar-refractivity contribution >= 4 is 34.1 Å². The van der Waals surface area contributed by atoms with E-state index in [1.807, 2.05) is 24.3 Å². The van der Waals surface area contributed by atoms with Crippen molar-refractivity contribution in [3.05, 3.63) is 35.5 Å². The average Bonchev–Trinajstić information content (AvgIpc) is 2.56. The Balaban J connectivity index is 1.61. The van der Waals surface area contributed by atoms with Crippen molar-refractivity contribution in [2.75, 3.05) is 5.32 Å². The Morgan fingerprint density at radius 2 is 1.96 bits per heavy atom. The van der Waals surface area contributed by atoms with Gasteiger partial charge in [0.15, 0.2) is 0 Å². The van der Waals surface area contributed by atoms with Gasteiger partial charge in [0.1, 0.15) is 0 Å². The molecule has 1 aromatic carbocycles. The molecule has 0 unspecified atom stereocenters. The molecule has 24 heavy (non-hydrogen) atoms. The molecule has 3 rings (SSSR count). The van der Waals surface area contributed by atoms with Gasteiger partial charge in [-0.15, -0.1) is 0 Å². The van der Waals surface area contributed by atoms with E-state index in [-0.39, 0.29) is 11.9 Å². The number of hydrogen-bond acceptors (Lipinski definition) is 4. The molecule has 1 heterocycles. The molecule has 1 fully saturated rings. The van der Waals surface area contributed by atoms with Crippen LogP contribution < -0.4 is 16.4 Å². The lowest BCUT2D eigenvalue weighted by Crippen LogP contribution is -2.46. The van der Waals surface area contributed by atoms with Crippen LogP contribution in [0.5, 0.6) is 0 Å². The molecular formula is C18H23ClN4O. The number of halogens is 1. The number of nitrogens with two attached hydrogens (primary N) is 1. The van der Waals surface area contributed by atoms with Crippen LogP contribution in [0.1, 0.15) is 32.6 Å². The second-order valence-electron chi connectivity index (χ2n) is 6.51. The zero-order valence-corrected chi connectivity index (χ0v) is 14.5. The van der Waals surface area contributed by atoms with Crippen LogP contribution in [0.4, 0.5) is 5.69 Å². The van der Waals surface area contributed by atoms with Gasteiger partial charge in [0.2, 0.25) is 5.91 Å². The molecule has 1 saturated carbocycles. The highest BCUT2D eigenvalue weighted by Crippen LogP contribution is 2.28. The largest absolute Gasteiger partial charge is 0.382 e. The summed E-state index contributed by atoms with van der Waals surface area (Å²) in [4.78, 5) is 16.1. The van der Waals surface area contributed by atoms with Crippen molar-refractivity contribution in [1.29, 1.82) is 0 Å². The first-order valence-electron chi connectivity index (χ1n) is 8.39. The normalized spacial score (nSPS) is 22.1. The lowest BCUT2D eigenvalue weighted by molar-refractivity contribution is -0.122. The Morgan fingerprint density at radius 3 is 2.67 bits per heavy atom. The maximum absolute atomic E-state index is 11.7. The fourth-order valence-electron chi connectivity index (χ4n) is 3.18. The Bertz CT molecular complexity index is 726. The third-order valence-corrected chi connectivity index (χ3v) is 4.79. The molecule has 1 aromatic heterocycles. The molecule has 1 aliphatic carbocycles. The highest BCUT2D eigenvalue weighted by molar-refractivity contribution is 6.31. The summed E-state index contributed by atoms with van der Waals surface area (Å²) in [6.45, 7) is 1.71. The molecule has 0 spiro atoms. The van der Waals surface area contributed by atoms with Gasteiger partial charge in [0, 0.05) is 34.4 Å². The summed E-state index contributed by atoms with van der Waals surface area (Å²) in [7, 11) is 0. The number of hydrogen-bond donors (Lipinski definition) is 3. The lowest BCUT2D eigenvalue weighted by atomic mass is 9.90. The Kier molecular flexibility index (Phi) is 5.21. The van der Waals surface area contributed by atoms with E-state index < -0.39 is 6.04 Å². The second-order valence-corrected chi connectivity index (χ2v) is 6.95. The first-order valence-corrected chi connectivity index (χ1v) is 8.77. The van der Waals surface area contributed by atoms with Gasteiger partial charge in [-0.2, -0.15) is 0 Å². The van der Waals surface area contributed by atoms with Crippen molar-refractivity contribution in [1.82, 2.24) is 10.3 Å². The first kappa shape index (κ1) is 17.0. The minimum atomic E-state index is -0.448. The maximum Gasteiger partial charge on any atom is 0.236 e. The van der Waals surface area contributed by atoms with Gasteiger partial charge in [-0.25, -0.2) is 0 Å². The summed E-state index contributed by atoms with van der Waals surface area (Å²) < 4.78 is 0. The molecule has 0 bridgehead atoms.